The van der Waals surface area contributed by atoms with Crippen LogP contribution in [0.25, 0.3) is 0 Å². The Labute approximate surface area is 151 Å². The molecular weight excluding hydrogens is 333 g/mol. The number of aromatic carboxylic acids is 1. The number of anilines is 1. The Morgan fingerprint density at radius 1 is 1.00 bits per heavy atom. The average molecular weight is 353 g/mol. The van der Waals surface area contributed by atoms with E-state index in [9.17, 15) is 19.1 Å². The molecule has 1 aliphatic carbocycles. The highest BCUT2D eigenvalue weighted by molar-refractivity contribution is 6.08. The van der Waals surface area contributed by atoms with Crippen LogP contribution in [0.4, 0.5) is 10.1 Å². The zero-order valence-corrected chi connectivity index (χ0v) is 14.4. The molecule has 1 aliphatic heterocycles. The maximum Gasteiger partial charge on any atom is 0.335 e. The van der Waals surface area contributed by atoms with E-state index in [4.69, 9.17) is 0 Å². The van der Waals surface area contributed by atoms with Gasteiger partial charge in [-0.15, -0.1) is 0 Å². The Kier molecular flexibility index (Phi) is 4.02. The molecule has 1 N–H and O–H groups in total. The molecule has 4 nitrogen and oxygen atoms in total. The zero-order chi connectivity index (χ0) is 18.3. The summed E-state index contributed by atoms with van der Waals surface area (Å²) in [7, 11) is 0. The lowest BCUT2D eigenvalue weighted by Crippen LogP contribution is -2.38. The SMILES string of the molecule is O=C(O)c1ccc2c(c1)C1(CCCCC1)CN2C(=O)c1cccc(F)c1. The number of carbonyl (C=O) groups excluding carboxylic acids is 1. The molecule has 1 spiro atoms. The lowest BCUT2D eigenvalue weighted by Gasteiger charge is -2.34. The van der Waals surface area contributed by atoms with Crippen molar-refractivity contribution in [2.24, 2.45) is 0 Å². The molecule has 0 bridgehead atoms. The van der Waals surface area contributed by atoms with Crippen LogP contribution in [0.15, 0.2) is 42.5 Å². The number of hydrogen-bond acceptors (Lipinski definition) is 2. The van der Waals surface area contributed by atoms with Gasteiger partial charge >= 0.3 is 5.97 Å². The fourth-order valence-corrected chi connectivity index (χ4v) is 4.42. The summed E-state index contributed by atoms with van der Waals surface area (Å²) in [6.45, 7) is 0.529. The van der Waals surface area contributed by atoms with Crippen molar-refractivity contribution in [3.05, 3.63) is 65.0 Å². The van der Waals surface area contributed by atoms with Crippen LogP contribution < -0.4 is 4.90 Å². The smallest absolute Gasteiger partial charge is 0.335 e. The zero-order valence-electron chi connectivity index (χ0n) is 14.4. The molecule has 0 atom stereocenters. The largest absolute Gasteiger partial charge is 0.478 e. The summed E-state index contributed by atoms with van der Waals surface area (Å²) < 4.78 is 13.6. The van der Waals surface area contributed by atoms with Crippen LogP contribution in [0, 0.1) is 5.82 Å². The Morgan fingerprint density at radius 2 is 1.77 bits per heavy atom. The van der Waals surface area contributed by atoms with Crippen molar-refractivity contribution in [2.75, 3.05) is 11.4 Å². The number of carbonyl (C=O) groups is 2. The van der Waals surface area contributed by atoms with Gasteiger partial charge in [-0.05, 0) is 54.8 Å². The van der Waals surface area contributed by atoms with E-state index >= 15 is 0 Å². The van der Waals surface area contributed by atoms with Gasteiger partial charge in [0.15, 0.2) is 0 Å². The van der Waals surface area contributed by atoms with Crippen LogP contribution >= 0.6 is 0 Å². The summed E-state index contributed by atoms with van der Waals surface area (Å²) >= 11 is 0. The molecule has 5 heteroatoms. The molecule has 1 fully saturated rings. The Balaban J connectivity index is 1.79. The van der Waals surface area contributed by atoms with Gasteiger partial charge in [0, 0.05) is 23.2 Å². The fourth-order valence-electron chi connectivity index (χ4n) is 4.42. The second kappa shape index (κ2) is 6.24. The number of hydrogen-bond donors (Lipinski definition) is 1. The van der Waals surface area contributed by atoms with Crippen molar-refractivity contribution in [1.82, 2.24) is 0 Å². The summed E-state index contributed by atoms with van der Waals surface area (Å²) in [5.41, 5.74) is 2.06. The van der Waals surface area contributed by atoms with Gasteiger partial charge in [0.2, 0.25) is 0 Å². The van der Waals surface area contributed by atoms with Crippen LogP contribution in [0.2, 0.25) is 0 Å². The van der Waals surface area contributed by atoms with Gasteiger partial charge in [0.05, 0.1) is 5.56 Å². The molecule has 4 rings (SSSR count). The number of amides is 1. The lowest BCUT2D eigenvalue weighted by molar-refractivity contribution is 0.0696. The van der Waals surface area contributed by atoms with Crippen LogP contribution in [0.5, 0.6) is 0 Å². The van der Waals surface area contributed by atoms with Crippen molar-refractivity contribution < 1.29 is 19.1 Å². The Bertz CT molecular complexity index is 887. The molecule has 0 unspecified atom stereocenters. The molecule has 1 heterocycles. The Morgan fingerprint density at radius 3 is 2.46 bits per heavy atom. The standard InChI is InChI=1S/C21H20FNO3/c22-16-6-4-5-14(11-16)19(24)23-13-21(9-2-1-3-10-21)17-12-15(20(25)26)7-8-18(17)23/h4-8,11-12H,1-3,9-10,13H2,(H,25,26). The molecule has 2 aliphatic rings. The third-order valence-electron chi connectivity index (χ3n) is 5.69. The van der Waals surface area contributed by atoms with Gasteiger partial charge in [-0.1, -0.05) is 25.3 Å². The number of benzene rings is 2. The molecule has 2 aromatic rings. The van der Waals surface area contributed by atoms with E-state index in [1.165, 1.54) is 24.3 Å². The average Bonchev–Trinajstić information content (AvgIpc) is 2.95. The maximum atomic E-state index is 13.6. The summed E-state index contributed by atoms with van der Waals surface area (Å²) in [4.78, 5) is 26.2. The summed E-state index contributed by atoms with van der Waals surface area (Å²) in [6.07, 6.45) is 5.18. The molecule has 26 heavy (non-hydrogen) atoms. The van der Waals surface area contributed by atoms with Crippen molar-refractivity contribution in [3.63, 3.8) is 0 Å². The van der Waals surface area contributed by atoms with Crippen LogP contribution in [-0.2, 0) is 5.41 Å². The highest BCUT2D eigenvalue weighted by atomic mass is 19.1. The minimum atomic E-state index is -0.964. The lowest BCUT2D eigenvalue weighted by atomic mass is 9.70. The van der Waals surface area contributed by atoms with Gasteiger partial charge in [0.25, 0.3) is 5.91 Å². The molecule has 134 valence electrons. The van der Waals surface area contributed by atoms with Gasteiger partial charge in [-0.25, -0.2) is 9.18 Å². The summed E-state index contributed by atoms with van der Waals surface area (Å²) in [5, 5.41) is 9.36. The third kappa shape index (κ3) is 2.68. The number of carboxylic acids is 1. The van der Waals surface area contributed by atoms with Crippen molar-refractivity contribution in [2.45, 2.75) is 37.5 Å². The number of carboxylic acid groups (broad SMARTS) is 1. The van der Waals surface area contributed by atoms with Gasteiger partial charge in [-0.2, -0.15) is 0 Å². The van der Waals surface area contributed by atoms with Crippen LogP contribution in [0.3, 0.4) is 0 Å². The van der Waals surface area contributed by atoms with E-state index in [1.807, 2.05) is 0 Å². The van der Waals surface area contributed by atoms with Crippen molar-refractivity contribution in [1.29, 1.82) is 0 Å². The highest BCUT2D eigenvalue weighted by Crippen LogP contribution is 2.49. The first-order valence-electron chi connectivity index (χ1n) is 8.95. The maximum absolute atomic E-state index is 13.6. The van der Waals surface area contributed by atoms with Crippen LogP contribution in [-0.4, -0.2) is 23.5 Å². The topological polar surface area (TPSA) is 57.6 Å². The van der Waals surface area contributed by atoms with E-state index < -0.39 is 11.8 Å². The van der Waals surface area contributed by atoms with Gasteiger partial charge in [-0.3, -0.25) is 4.79 Å². The summed E-state index contributed by atoms with van der Waals surface area (Å²) in [6, 6.07) is 10.7. The number of halogens is 1. The Hall–Kier alpha value is -2.69. The van der Waals surface area contributed by atoms with Crippen molar-refractivity contribution in [3.8, 4) is 0 Å². The number of nitrogens with zero attached hydrogens (tertiary/aromatic N) is 1. The molecule has 0 radical (unpaired) electrons. The minimum Gasteiger partial charge on any atom is -0.478 e. The second-order valence-electron chi connectivity index (χ2n) is 7.28. The first-order valence-corrected chi connectivity index (χ1v) is 8.95. The normalized spacial score (nSPS) is 18.0. The van der Waals surface area contributed by atoms with Crippen molar-refractivity contribution >= 4 is 17.6 Å². The number of rotatable bonds is 2. The fraction of sp³-hybridized carbons (Fsp3) is 0.333. The van der Waals surface area contributed by atoms with E-state index in [0.717, 1.165) is 43.4 Å². The van der Waals surface area contributed by atoms with Gasteiger partial charge in [0.1, 0.15) is 5.82 Å². The number of fused-ring (bicyclic) bond motifs is 2. The summed E-state index contributed by atoms with van der Waals surface area (Å²) in [5.74, 6) is -1.64. The first-order chi connectivity index (χ1) is 12.5. The quantitative estimate of drug-likeness (QED) is 0.871. The molecule has 0 saturated heterocycles. The molecule has 0 aromatic heterocycles. The second-order valence-corrected chi connectivity index (χ2v) is 7.28. The van der Waals surface area contributed by atoms with E-state index in [1.54, 1.807) is 23.1 Å². The molecular formula is C21H20FNO3. The molecule has 1 saturated carbocycles. The van der Waals surface area contributed by atoms with Gasteiger partial charge < -0.3 is 10.0 Å². The predicted molar refractivity (Wildman–Crippen MR) is 96.2 cm³/mol. The van der Waals surface area contributed by atoms with E-state index in [0.29, 0.717) is 12.1 Å². The first kappa shape index (κ1) is 16.8. The molecule has 1 amide bonds. The minimum absolute atomic E-state index is 0.192. The predicted octanol–water partition coefficient (Wildman–Crippen LogP) is 4.39. The third-order valence-corrected chi connectivity index (χ3v) is 5.69. The van der Waals surface area contributed by atoms with E-state index in [-0.39, 0.29) is 16.9 Å². The molecule has 2 aromatic carbocycles. The highest BCUT2D eigenvalue weighted by Gasteiger charge is 2.45. The van der Waals surface area contributed by atoms with E-state index in [2.05, 4.69) is 0 Å². The monoisotopic (exact) mass is 353 g/mol. The van der Waals surface area contributed by atoms with Crippen LogP contribution in [0.1, 0.15) is 58.4 Å².